The molecule has 0 aliphatic rings. The fourth-order valence-corrected chi connectivity index (χ4v) is 1.70. The molecule has 2 heterocycles. The highest BCUT2D eigenvalue weighted by molar-refractivity contribution is 5.92. The van der Waals surface area contributed by atoms with Gasteiger partial charge in [-0.1, -0.05) is 6.07 Å². The summed E-state index contributed by atoms with van der Waals surface area (Å²) in [5.74, 6) is 0.330. The van der Waals surface area contributed by atoms with Gasteiger partial charge < -0.3 is 10.6 Å². The molecule has 20 heavy (non-hydrogen) atoms. The van der Waals surface area contributed by atoms with Gasteiger partial charge in [0.1, 0.15) is 11.5 Å². The van der Waals surface area contributed by atoms with Crippen molar-refractivity contribution in [2.75, 3.05) is 11.9 Å². The second-order valence-corrected chi connectivity index (χ2v) is 4.27. The Labute approximate surface area is 117 Å². The highest BCUT2D eigenvalue weighted by Crippen LogP contribution is 2.04. The summed E-state index contributed by atoms with van der Waals surface area (Å²) in [7, 11) is 0. The highest BCUT2D eigenvalue weighted by atomic mass is 16.1. The molecule has 2 aromatic heterocycles. The Morgan fingerprint density at radius 2 is 2.20 bits per heavy atom. The van der Waals surface area contributed by atoms with E-state index in [4.69, 9.17) is 0 Å². The van der Waals surface area contributed by atoms with E-state index in [9.17, 15) is 4.79 Å². The Hall–Kier alpha value is -2.50. The molecule has 0 aliphatic carbocycles. The fourth-order valence-electron chi connectivity index (χ4n) is 1.70. The van der Waals surface area contributed by atoms with Crippen LogP contribution in [0.25, 0.3) is 0 Å². The predicted octanol–water partition coefficient (Wildman–Crippen LogP) is 1.54. The summed E-state index contributed by atoms with van der Waals surface area (Å²) in [6, 6.07) is 3.83. The number of carbonyl (C=O) groups is 1. The van der Waals surface area contributed by atoms with Crippen molar-refractivity contribution in [2.45, 2.75) is 20.4 Å². The van der Waals surface area contributed by atoms with Gasteiger partial charge in [0.15, 0.2) is 0 Å². The fraction of sp³-hybridized carbons (Fsp3) is 0.286. The van der Waals surface area contributed by atoms with Crippen molar-refractivity contribution in [2.24, 2.45) is 0 Å². The van der Waals surface area contributed by atoms with Crippen molar-refractivity contribution in [1.29, 1.82) is 0 Å². The molecule has 0 bridgehead atoms. The van der Waals surface area contributed by atoms with Crippen LogP contribution in [0.5, 0.6) is 0 Å². The van der Waals surface area contributed by atoms with E-state index in [0.29, 0.717) is 12.4 Å². The number of carbonyl (C=O) groups excluding carboxylic acids is 1. The molecule has 0 saturated heterocycles. The van der Waals surface area contributed by atoms with E-state index < -0.39 is 0 Å². The Kier molecular flexibility index (Phi) is 4.60. The molecule has 6 nitrogen and oxygen atoms in total. The van der Waals surface area contributed by atoms with Crippen LogP contribution < -0.4 is 10.6 Å². The second-order valence-electron chi connectivity index (χ2n) is 4.27. The monoisotopic (exact) mass is 271 g/mol. The zero-order chi connectivity index (χ0) is 14.4. The molecule has 104 valence electrons. The van der Waals surface area contributed by atoms with Crippen molar-refractivity contribution in [1.82, 2.24) is 20.3 Å². The molecule has 0 radical (unpaired) electrons. The molecule has 0 saturated carbocycles. The Balaban J connectivity index is 2.01. The molecule has 0 fully saturated rings. The number of hydrogen-bond donors (Lipinski definition) is 2. The molecule has 0 spiro atoms. The summed E-state index contributed by atoms with van der Waals surface area (Å²) in [5.41, 5.74) is 2.17. The minimum Gasteiger partial charge on any atom is -0.369 e. The van der Waals surface area contributed by atoms with Gasteiger partial charge in [0, 0.05) is 12.7 Å². The van der Waals surface area contributed by atoms with Crippen LogP contribution in [0.1, 0.15) is 28.7 Å². The van der Waals surface area contributed by atoms with Crippen molar-refractivity contribution in [3.8, 4) is 0 Å². The summed E-state index contributed by atoms with van der Waals surface area (Å²) in [5, 5.41) is 5.81. The van der Waals surface area contributed by atoms with Crippen molar-refractivity contribution in [3.63, 3.8) is 0 Å². The van der Waals surface area contributed by atoms with Gasteiger partial charge in [-0.2, -0.15) is 0 Å². The average Bonchev–Trinajstić information content (AvgIpc) is 2.47. The van der Waals surface area contributed by atoms with E-state index in [-0.39, 0.29) is 11.6 Å². The van der Waals surface area contributed by atoms with E-state index in [1.165, 1.54) is 6.20 Å². The molecular weight excluding hydrogens is 254 g/mol. The molecule has 0 atom stereocenters. The van der Waals surface area contributed by atoms with Crippen LogP contribution in [0.15, 0.2) is 30.7 Å². The van der Waals surface area contributed by atoms with Crippen LogP contribution in [0.4, 0.5) is 5.82 Å². The number of amides is 1. The van der Waals surface area contributed by atoms with Crippen LogP contribution in [0.3, 0.4) is 0 Å². The summed E-state index contributed by atoms with van der Waals surface area (Å²) >= 11 is 0. The van der Waals surface area contributed by atoms with Crippen LogP contribution in [0.2, 0.25) is 0 Å². The van der Waals surface area contributed by atoms with E-state index in [0.717, 1.165) is 17.8 Å². The summed E-state index contributed by atoms with van der Waals surface area (Å²) in [4.78, 5) is 24.4. The molecule has 0 aliphatic heterocycles. The zero-order valence-corrected chi connectivity index (χ0v) is 11.6. The smallest absolute Gasteiger partial charge is 0.271 e. The lowest BCUT2D eigenvalue weighted by atomic mass is 10.2. The van der Waals surface area contributed by atoms with Crippen LogP contribution in [0, 0.1) is 6.92 Å². The Morgan fingerprint density at radius 3 is 2.95 bits per heavy atom. The number of aromatic nitrogens is 3. The van der Waals surface area contributed by atoms with Crippen molar-refractivity contribution >= 4 is 11.7 Å². The SMILES string of the molecule is CCNc1cncc(C(=O)NCc2ncccc2C)n1. The third-order valence-corrected chi connectivity index (χ3v) is 2.76. The van der Waals surface area contributed by atoms with E-state index in [1.807, 2.05) is 26.0 Å². The van der Waals surface area contributed by atoms with Crippen molar-refractivity contribution in [3.05, 3.63) is 47.7 Å². The number of aryl methyl sites for hydroxylation is 1. The standard InChI is InChI=1S/C14H17N5O/c1-3-16-13-9-15-7-12(19-13)14(20)18-8-11-10(2)5-4-6-17-11/h4-7,9H,3,8H2,1-2H3,(H,16,19)(H,18,20). The number of hydrogen-bond acceptors (Lipinski definition) is 5. The van der Waals surface area contributed by atoms with Crippen LogP contribution in [-0.2, 0) is 6.54 Å². The molecular formula is C14H17N5O. The normalized spacial score (nSPS) is 10.1. The van der Waals surface area contributed by atoms with Gasteiger partial charge in [-0.05, 0) is 25.5 Å². The summed E-state index contributed by atoms with van der Waals surface area (Å²) in [6.07, 6.45) is 4.74. The Bertz CT molecular complexity index is 600. The lowest BCUT2D eigenvalue weighted by Crippen LogP contribution is -2.25. The maximum atomic E-state index is 12.0. The van der Waals surface area contributed by atoms with Crippen LogP contribution in [-0.4, -0.2) is 27.4 Å². The molecule has 1 amide bonds. The lowest BCUT2D eigenvalue weighted by molar-refractivity contribution is 0.0945. The first-order valence-electron chi connectivity index (χ1n) is 6.45. The van der Waals surface area contributed by atoms with Crippen molar-refractivity contribution < 1.29 is 4.79 Å². The van der Waals surface area contributed by atoms with Gasteiger partial charge in [-0.3, -0.25) is 14.8 Å². The van der Waals surface area contributed by atoms with Gasteiger partial charge >= 0.3 is 0 Å². The molecule has 0 aromatic carbocycles. The number of nitrogens with zero attached hydrogens (tertiary/aromatic N) is 3. The maximum absolute atomic E-state index is 12.0. The summed E-state index contributed by atoms with van der Waals surface area (Å²) < 4.78 is 0. The average molecular weight is 271 g/mol. The minimum atomic E-state index is -0.262. The van der Waals surface area contributed by atoms with Gasteiger partial charge in [-0.25, -0.2) is 4.98 Å². The lowest BCUT2D eigenvalue weighted by Gasteiger charge is -2.07. The second kappa shape index (κ2) is 6.60. The van der Waals surface area contributed by atoms with Crippen LogP contribution >= 0.6 is 0 Å². The largest absolute Gasteiger partial charge is 0.369 e. The highest BCUT2D eigenvalue weighted by Gasteiger charge is 2.09. The zero-order valence-electron chi connectivity index (χ0n) is 11.6. The van der Waals surface area contributed by atoms with E-state index in [2.05, 4.69) is 25.6 Å². The number of pyridine rings is 1. The first-order valence-corrected chi connectivity index (χ1v) is 6.45. The molecule has 2 N–H and O–H groups in total. The molecule has 2 aromatic rings. The molecule has 0 unspecified atom stereocenters. The van der Waals surface area contributed by atoms with E-state index >= 15 is 0 Å². The number of nitrogens with one attached hydrogen (secondary N) is 2. The van der Waals surface area contributed by atoms with Gasteiger partial charge in [0.05, 0.1) is 24.6 Å². The Morgan fingerprint density at radius 1 is 1.35 bits per heavy atom. The van der Waals surface area contributed by atoms with Gasteiger partial charge in [0.25, 0.3) is 5.91 Å². The predicted molar refractivity (Wildman–Crippen MR) is 76.3 cm³/mol. The minimum absolute atomic E-state index is 0.262. The summed E-state index contributed by atoms with van der Waals surface area (Å²) in [6.45, 7) is 5.02. The third kappa shape index (κ3) is 3.50. The first kappa shape index (κ1) is 13.9. The number of anilines is 1. The van der Waals surface area contributed by atoms with Gasteiger partial charge in [-0.15, -0.1) is 0 Å². The maximum Gasteiger partial charge on any atom is 0.271 e. The van der Waals surface area contributed by atoms with E-state index in [1.54, 1.807) is 12.4 Å². The number of rotatable bonds is 5. The van der Waals surface area contributed by atoms with Gasteiger partial charge in [0.2, 0.25) is 0 Å². The topological polar surface area (TPSA) is 79.8 Å². The molecule has 2 rings (SSSR count). The first-order chi connectivity index (χ1) is 9.70. The third-order valence-electron chi connectivity index (χ3n) is 2.76. The quantitative estimate of drug-likeness (QED) is 0.862. The molecule has 6 heteroatoms.